The van der Waals surface area contributed by atoms with Crippen molar-refractivity contribution in [1.82, 2.24) is 5.32 Å². The van der Waals surface area contributed by atoms with E-state index in [2.05, 4.69) is 5.32 Å². The monoisotopic (exact) mass is 252 g/mol. The number of hydrogen-bond donors (Lipinski definition) is 1. The molecule has 84 valence electrons. The Morgan fingerprint density at radius 2 is 2.25 bits per heavy atom. The number of anilines is 1. The summed E-state index contributed by atoms with van der Waals surface area (Å²) in [7, 11) is 0. The van der Waals surface area contributed by atoms with Crippen molar-refractivity contribution < 1.29 is 4.79 Å². The Hall–Kier alpha value is -1.07. The van der Waals surface area contributed by atoms with E-state index in [1.54, 1.807) is 16.7 Å². The van der Waals surface area contributed by atoms with Crippen LogP contribution in [0.1, 0.15) is 6.92 Å². The smallest absolute Gasteiger partial charge is 0.255 e. The van der Waals surface area contributed by atoms with Gasteiger partial charge < -0.3 is 5.32 Å². The Morgan fingerprint density at radius 3 is 2.81 bits per heavy atom. The van der Waals surface area contributed by atoms with Gasteiger partial charge in [0.1, 0.15) is 6.04 Å². The Kier molecular flexibility index (Phi) is 3.16. The SMILES string of the molecule is CSc1cccc(N2C(=O)C(C)NC2=S)c1. The maximum absolute atomic E-state index is 11.9. The summed E-state index contributed by atoms with van der Waals surface area (Å²) in [5.74, 6) is 0.00301. The van der Waals surface area contributed by atoms with Crippen molar-refractivity contribution >= 4 is 40.7 Å². The van der Waals surface area contributed by atoms with E-state index >= 15 is 0 Å². The van der Waals surface area contributed by atoms with E-state index in [0.29, 0.717) is 5.11 Å². The third kappa shape index (κ3) is 1.92. The molecule has 1 heterocycles. The van der Waals surface area contributed by atoms with Gasteiger partial charge in [-0.3, -0.25) is 9.69 Å². The molecule has 1 unspecified atom stereocenters. The summed E-state index contributed by atoms with van der Waals surface area (Å²) in [6.07, 6.45) is 2.00. The lowest BCUT2D eigenvalue weighted by Crippen LogP contribution is -2.30. The van der Waals surface area contributed by atoms with E-state index in [0.717, 1.165) is 10.6 Å². The first-order valence-corrected chi connectivity index (χ1v) is 6.55. The van der Waals surface area contributed by atoms with Crippen LogP contribution in [0.25, 0.3) is 0 Å². The zero-order valence-electron chi connectivity index (χ0n) is 9.06. The van der Waals surface area contributed by atoms with Gasteiger partial charge in [-0.15, -0.1) is 11.8 Å². The molecule has 5 heteroatoms. The second kappa shape index (κ2) is 4.43. The van der Waals surface area contributed by atoms with E-state index in [1.165, 1.54) is 0 Å². The van der Waals surface area contributed by atoms with Crippen LogP contribution >= 0.6 is 24.0 Å². The fourth-order valence-corrected chi connectivity index (χ4v) is 2.42. The third-order valence-electron chi connectivity index (χ3n) is 2.45. The molecule has 0 radical (unpaired) electrons. The van der Waals surface area contributed by atoms with Crippen molar-refractivity contribution in [2.45, 2.75) is 17.9 Å². The normalized spacial score (nSPS) is 20.1. The first-order chi connectivity index (χ1) is 7.63. The molecule has 1 N–H and O–H groups in total. The molecule has 1 aliphatic heterocycles. The minimum atomic E-state index is -0.231. The second-order valence-corrected chi connectivity index (χ2v) is 4.81. The molecule has 1 aliphatic rings. The van der Waals surface area contributed by atoms with Crippen LogP contribution in [-0.4, -0.2) is 23.3 Å². The summed E-state index contributed by atoms with van der Waals surface area (Å²) >= 11 is 6.79. The predicted octanol–water partition coefficient (Wildman–Crippen LogP) is 2.02. The number of carbonyl (C=O) groups is 1. The molecule has 1 atom stereocenters. The molecule has 0 bridgehead atoms. The van der Waals surface area contributed by atoms with Crippen LogP contribution in [0.5, 0.6) is 0 Å². The summed E-state index contributed by atoms with van der Waals surface area (Å²) in [4.78, 5) is 14.6. The largest absolute Gasteiger partial charge is 0.350 e. The van der Waals surface area contributed by atoms with Crippen molar-refractivity contribution in [3.63, 3.8) is 0 Å². The lowest BCUT2D eigenvalue weighted by molar-refractivity contribution is -0.117. The van der Waals surface area contributed by atoms with Crippen LogP contribution in [0.3, 0.4) is 0 Å². The molecule has 2 rings (SSSR count). The highest BCUT2D eigenvalue weighted by atomic mass is 32.2. The van der Waals surface area contributed by atoms with Gasteiger partial charge >= 0.3 is 0 Å². The first kappa shape index (κ1) is 11.4. The highest BCUT2D eigenvalue weighted by Gasteiger charge is 2.33. The van der Waals surface area contributed by atoms with Crippen LogP contribution in [0, 0.1) is 0 Å². The average Bonchev–Trinajstić information content (AvgIpc) is 2.53. The van der Waals surface area contributed by atoms with Crippen molar-refractivity contribution in [2.24, 2.45) is 0 Å². The van der Waals surface area contributed by atoms with Crippen LogP contribution in [0.4, 0.5) is 5.69 Å². The van der Waals surface area contributed by atoms with Gasteiger partial charge in [0.2, 0.25) is 0 Å². The maximum Gasteiger partial charge on any atom is 0.255 e. The summed E-state index contributed by atoms with van der Waals surface area (Å²) in [5, 5.41) is 3.44. The van der Waals surface area contributed by atoms with Crippen LogP contribution < -0.4 is 10.2 Å². The molecule has 0 spiro atoms. The summed E-state index contributed by atoms with van der Waals surface area (Å²) in [6, 6.07) is 7.57. The van der Waals surface area contributed by atoms with Crippen LogP contribution in [-0.2, 0) is 4.79 Å². The summed E-state index contributed by atoms with van der Waals surface area (Å²) < 4.78 is 0. The van der Waals surface area contributed by atoms with E-state index in [1.807, 2.05) is 37.4 Å². The zero-order valence-corrected chi connectivity index (χ0v) is 10.7. The molecule has 16 heavy (non-hydrogen) atoms. The zero-order chi connectivity index (χ0) is 11.7. The molecule has 1 aromatic carbocycles. The average molecular weight is 252 g/mol. The molecular formula is C11H12N2OS2. The van der Waals surface area contributed by atoms with Gasteiger partial charge in [-0.1, -0.05) is 6.07 Å². The number of thioether (sulfide) groups is 1. The minimum absolute atomic E-state index is 0.00301. The molecule has 0 saturated carbocycles. The van der Waals surface area contributed by atoms with Crippen molar-refractivity contribution in [1.29, 1.82) is 0 Å². The van der Waals surface area contributed by atoms with Gasteiger partial charge in [0.25, 0.3) is 5.91 Å². The van der Waals surface area contributed by atoms with Gasteiger partial charge in [-0.25, -0.2) is 0 Å². The quantitative estimate of drug-likeness (QED) is 0.645. The number of hydrogen-bond acceptors (Lipinski definition) is 3. The van der Waals surface area contributed by atoms with Gasteiger partial charge in [-0.05, 0) is 43.6 Å². The van der Waals surface area contributed by atoms with Crippen molar-refractivity contribution in [2.75, 3.05) is 11.2 Å². The van der Waals surface area contributed by atoms with E-state index in [-0.39, 0.29) is 11.9 Å². The minimum Gasteiger partial charge on any atom is -0.350 e. The summed E-state index contributed by atoms with van der Waals surface area (Å²) in [6.45, 7) is 1.81. The van der Waals surface area contributed by atoms with Crippen molar-refractivity contribution in [3.8, 4) is 0 Å². The molecule has 1 fully saturated rings. The van der Waals surface area contributed by atoms with E-state index in [4.69, 9.17) is 12.2 Å². The van der Waals surface area contributed by atoms with Gasteiger partial charge in [0.15, 0.2) is 5.11 Å². The van der Waals surface area contributed by atoms with E-state index in [9.17, 15) is 4.79 Å². The molecule has 0 aromatic heterocycles. The number of thiocarbonyl (C=S) groups is 1. The number of nitrogens with one attached hydrogen (secondary N) is 1. The fourth-order valence-electron chi connectivity index (χ4n) is 1.60. The van der Waals surface area contributed by atoms with Crippen molar-refractivity contribution in [3.05, 3.63) is 24.3 Å². The van der Waals surface area contributed by atoms with E-state index < -0.39 is 0 Å². The topological polar surface area (TPSA) is 32.3 Å². The fraction of sp³-hybridized carbons (Fsp3) is 0.273. The van der Waals surface area contributed by atoms with Crippen LogP contribution in [0.2, 0.25) is 0 Å². The molecular weight excluding hydrogens is 240 g/mol. The molecule has 1 aromatic rings. The number of rotatable bonds is 2. The molecule has 1 amide bonds. The number of nitrogens with zero attached hydrogens (tertiary/aromatic N) is 1. The number of carbonyl (C=O) groups excluding carboxylic acids is 1. The highest BCUT2D eigenvalue weighted by Crippen LogP contribution is 2.24. The Balaban J connectivity index is 2.36. The number of benzene rings is 1. The lowest BCUT2D eigenvalue weighted by Gasteiger charge is -2.15. The first-order valence-electron chi connectivity index (χ1n) is 4.92. The highest BCUT2D eigenvalue weighted by molar-refractivity contribution is 7.98. The predicted molar refractivity (Wildman–Crippen MR) is 70.9 cm³/mol. The third-order valence-corrected chi connectivity index (χ3v) is 3.47. The van der Waals surface area contributed by atoms with Gasteiger partial charge in [0, 0.05) is 4.90 Å². The Labute approximate surface area is 104 Å². The standard InChI is InChI=1S/C11H12N2OS2/c1-7-10(14)13(11(15)12-7)8-4-3-5-9(6-8)16-2/h3-7H,1-2H3,(H,12,15). The number of amides is 1. The molecule has 3 nitrogen and oxygen atoms in total. The maximum atomic E-state index is 11.9. The molecule has 1 saturated heterocycles. The van der Waals surface area contributed by atoms with Gasteiger partial charge in [0.05, 0.1) is 5.69 Å². The Bertz CT molecular complexity index is 447. The van der Waals surface area contributed by atoms with Gasteiger partial charge in [-0.2, -0.15) is 0 Å². The van der Waals surface area contributed by atoms with Crippen LogP contribution in [0.15, 0.2) is 29.2 Å². The lowest BCUT2D eigenvalue weighted by atomic mass is 10.2. The Morgan fingerprint density at radius 1 is 1.50 bits per heavy atom. The summed E-state index contributed by atoms with van der Waals surface area (Å²) in [5.41, 5.74) is 0.832. The second-order valence-electron chi connectivity index (χ2n) is 3.55. The molecule has 0 aliphatic carbocycles.